The van der Waals surface area contributed by atoms with Crippen LogP contribution < -0.4 is 10.6 Å². The molecule has 2 atom stereocenters. The molecule has 1 aliphatic rings. The van der Waals surface area contributed by atoms with Crippen LogP contribution in [0.5, 0.6) is 0 Å². The highest BCUT2D eigenvalue weighted by atomic mass is 32.2. The van der Waals surface area contributed by atoms with E-state index >= 15 is 0 Å². The Labute approximate surface area is 94.3 Å². The number of rotatable bonds is 1. The van der Waals surface area contributed by atoms with E-state index in [0.29, 0.717) is 16.3 Å². The van der Waals surface area contributed by atoms with Gasteiger partial charge < -0.3 is 10.6 Å². The summed E-state index contributed by atoms with van der Waals surface area (Å²) in [6, 6.07) is 0. The Bertz CT molecular complexity index is 334. The Balaban J connectivity index is 2.20. The molecule has 0 radical (unpaired) electrons. The van der Waals surface area contributed by atoms with E-state index in [1.807, 2.05) is 11.8 Å². The summed E-state index contributed by atoms with van der Waals surface area (Å²) in [7, 11) is 0. The molecule has 1 aromatic rings. The van der Waals surface area contributed by atoms with Crippen LogP contribution in [-0.2, 0) is 0 Å². The van der Waals surface area contributed by atoms with Crippen LogP contribution in [0.2, 0.25) is 0 Å². The van der Waals surface area contributed by atoms with Crippen molar-refractivity contribution in [1.82, 2.24) is 9.97 Å². The zero-order chi connectivity index (χ0) is 10.8. The average molecular weight is 224 g/mol. The molecule has 1 saturated heterocycles. The number of thioether (sulfide) groups is 1. The van der Waals surface area contributed by atoms with Crippen molar-refractivity contribution in [3.05, 3.63) is 12.4 Å². The SMILES string of the molecule is CC1CN(c2nccnc2N)CC(C)S1. The van der Waals surface area contributed by atoms with Gasteiger partial charge >= 0.3 is 0 Å². The highest BCUT2D eigenvalue weighted by Crippen LogP contribution is 2.29. The minimum atomic E-state index is 0.531. The van der Waals surface area contributed by atoms with Crippen molar-refractivity contribution >= 4 is 23.4 Å². The molecule has 0 bridgehead atoms. The number of anilines is 2. The molecule has 0 spiro atoms. The highest BCUT2D eigenvalue weighted by Gasteiger charge is 2.24. The van der Waals surface area contributed by atoms with Crippen LogP contribution in [-0.4, -0.2) is 33.6 Å². The smallest absolute Gasteiger partial charge is 0.171 e. The quantitative estimate of drug-likeness (QED) is 0.781. The van der Waals surface area contributed by atoms with Crippen molar-refractivity contribution < 1.29 is 0 Å². The molecule has 2 unspecified atom stereocenters. The third kappa shape index (κ3) is 2.34. The first kappa shape index (κ1) is 10.5. The Hall–Kier alpha value is -0.970. The third-order valence-corrected chi connectivity index (χ3v) is 3.65. The lowest BCUT2D eigenvalue weighted by Crippen LogP contribution is -2.41. The van der Waals surface area contributed by atoms with Crippen molar-refractivity contribution in [2.24, 2.45) is 0 Å². The second kappa shape index (κ2) is 4.26. The second-order valence-corrected chi connectivity index (χ2v) is 5.81. The van der Waals surface area contributed by atoms with Crippen LogP contribution >= 0.6 is 11.8 Å². The van der Waals surface area contributed by atoms with Gasteiger partial charge in [0, 0.05) is 36.0 Å². The molecule has 82 valence electrons. The Morgan fingerprint density at radius 1 is 1.27 bits per heavy atom. The summed E-state index contributed by atoms with van der Waals surface area (Å²) in [6.07, 6.45) is 3.33. The standard InChI is InChI=1S/C10H16N4S/c1-7-5-14(6-8(2)15-7)10-9(11)12-3-4-13-10/h3-4,7-8H,5-6H2,1-2H3,(H2,11,12). The number of hydrogen-bond donors (Lipinski definition) is 1. The van der Waals surface area contributed by atoms with E-state index in [-0.39, 0.29) is 0 Å². The van der Waals surface area contributed by atoms with Gasteiger partial charge in [0.05, 0.1) is 0 Å². The zero-order valence-corrected chi connectivity index (χ0v) is 9.87. The van der Waals surface area contributed by atoms with Crippen LogP contribution in [0, 0.1) is 0 Å². The first-order valence-corrected chi connectivity index (χ1v) is 6.08. The summed E-state index contributed by atoms with van der Waals surface area (Å²) < 4.78 is 0. The normalized spacial score (nSPS) is 26.7. The van der Waals surface area contributed by atoms with E-state index in [4.69, 9.17) is 5.73 Å². The first-order valence-electron chi connectivity index (χ1n) is 5.13. The average Bonchev–Trinajstić information content (AvgIpc) is 2.16. The minimum absolute atomic E-state index is 0.531. The predicted molar refractivity (Wildman–Crippen MR) is 65.2 cm³/mol. The number of nitrogens with zero attached hydrogens (tertiary/aromatic N) is 3. The first-order chi connectivity index (χ1) is 7.16. The summed E-state index contributed by atoms with van der Waals surface area (Å²) in [5.41, 5.74) is 5.82. The van der Waals surface area contributed by atoms with Gasteiger partial charge in [0.2, 0.25) is 0 Å². The predicted octanol–water partition coefficient (Wildman–Crippen LogP) is 1.39. The molecule has 1 aliphatic heterocycles. The maximum atomic E-state index is 5.82. The van der Waals surface area contributed by atoms with E-state index in [1.165, 1.54) is 0 Å². The fraction of sp³-hybridized carbons (Fsp3) is 0.600. The monoisotopic (exact) mass is 224 g/mol. The molecule has 0 aromatic carbocycles. The topological polar surface area (TPSA) is 55.0 Å². The van der Waals surface area contributed by atoms with E-state index in [2.05, 4.69) is 28.7 Å². The summed E-state index contributed by atoms with van der Waals surface area (Å²) in [4.78, 5) is 10.6. The largest absolute Gasteiger partial charge is 0.381 e. The minimum Gasteiger partial charge on any atom is -0.381 e. The maximum Gasteiger partial charge on any atom is 0.171 e. The molecule has 1 fully saturated rings. The van der Waals surface area contributed by atoms with Gasteiger partial charge in [-0.05, 0) is 0 Å². The molecule has 5 heteroatoms. The lowest BCUT2D eigenvalue weighted by atomic mass is 10.3. The number of aromatic nitrogens is 2. The van der Waals surface area contributed by atoms with Gasteiger partial charge in [0.15, 0.2) is 11.6 Å². The van der Waals surface area contributed by atoms with Gasteiger partial charge in [0.25, 0.3) is 0 Å². The fourth-order valence-electron chi connectivity index (χ4n) is 1.94. The van der Waals surface area contributed by atoms with Crippen molar-refractivity contribution in [2.75, 3.05) is 23.7 Å². The van der Waals surface area contributed by atoms with E-state index in [1.54, 1.807) is 12.4 Å². The molecule has 0 aliphatic carbocycles. The lowest BCUT2D eigenvalue weighted by Gasteiger charge is -2.35. The molecule has 2 N–H and O–H groups in total. The summed E-state index contributed by atoms with van der Waals surface area (Å²) >= 11 is 2.01. The zero-order valence-electron chi connectivity index (χ0n) is 9.05. The number of nitrogen functional groups attached to an aromatic ring is 1. The molecule has 0 saturated carbocycles. The van der Waals surface area contributed by atoms with Gasteiger partial charge in [-0.15, -0.1) is 0 Å². The summed E-state index contributed by atoms with van der Waals surface area (Å²) in [5, 5.41) is 1.24. The third-order valence-electron chi connectivity index (χ3n) is 2.43. The molecule has 1 aromatic heterocycles. The van der Waals surface area contributed by atoms with Crippen LogP contribution in [0.15, 0.2) is 12.4 Å². The van der Waals surface area contributed by atoms with Gasteiger partial charge in [-0.2, -0.15) is 11.8 Å². The lowest BCUT2D eigenvalue weighted by molar-refractivity contribution is 0.718. The van der Waals surface area contributed by atoms with Crippen LogP contribution in [0.3, 0.4) is 0 Å². The van der Waals surface area contributed by atoms with Crippen molar-refractivity contribution in [3.63, 3.8) is 0 Å². The molecule has 2 rings (SSSR count). The molecule has 4 nitrogen and oxygen atoms in total. The summed E-state index contributed by atoms with van der Waals surface area (Å²) in [6.45, 7) is 6.47. The molecular weight excluding hydrogens is 208 g/mol. The van der Waals surface area contributed by atoms with Gasteiger partial charge in [-0.1, -0.05) is 13.8 Å². The Morgan fingerprint density at radius 3 is 2.47 bits per heavy atom. The molecule has 0 amide bonds. The number of nitrogens with two attached hydrogens (primary N) is 1. The summed E-state index contributed by atoms with van der Waals surface area (Å²) in [5.74, 6) is 1.36. The van der Waals surface area contributed by atoms with Crippen LogP contribution in [0.1, 0.15) is 13.8 Å². The Kier molecular flexibility index (Phi) is 3.00. The second-order valence-electron chi connectivity index (χ2n) is 3.93. The van der Waals surface area contributed by atoms with Crippen LogP contribution in [0.4, 0.5) is 11.6 Å². The fourth-order valence-corrected chi connectivity index (χ4v) is 3.26. The Morgan fingerprint density at radius 2 is 1.87 bits per heavy atom. The van der Waals surface area contributed by atoms with Gasteiger partial charge in [-0.25, -0.2) is 9.97 Å². The maximum absolute atomic E-state index is 5.82. The molecular formula is C10H16N4S. The van der Waals surface area contributed by atoms with Crippen molar-refractivity contribution in [1.29, 1.82) is 0 Å². The van der Waals surface area contributed by atoms with Crippen LogP contribution in [0.25, 0.3) is 0 Å². The number of hydrogen-bond acceptors (Lipinski definition) is 5. The van der Waals surface area contributed by atoms with Crippen molar-refractivity contribution in [3.8, 4) is 0 Å². The van der Waals surface area contributed by atoms with E-state index in [0.717, 1.165) is 18.9 Å². The molecule has 2 heterocycles. The van der Waals surface area contributed by atoms with E-state index in [9.17, 15) is 0 Å². The van der Waals surface area contributed by atoms with Gasteiger partial charge in [0.1, 0.15) is 0 Å². The highest BCUT2D eigenvalue weighted by molar-refractivity contribution is 8.00. The molecule has 15 heavy (non-hydrogen) atoms. The van der Waals surface area contributed by atoms with Gasteiger partial charge in [-0.3, -0.25) is 0 Å². The van der Waals surface area contributed by atoms with Crippen molar-refractivity contribution in [2.45, 2.75) is 24.3 Å². The van der Waals surface area contributed by atoms with E-state index < -0.39 is 0 Å².